The van der Waals surface area contributed by atoms with Crippen LogP contribution < -0.4 is 5.32 Å². The van der Waals surface area contributed by atoms with Gasteiger partial charge in [-0.1, -0.05) is 64.1 Å². The number of aryl methyl sites for hydroxylation is 2. The van der Waals surface area contributed by atoms with E-state index in [1.165, 1.54) is 0 Å². The fourth-order valence-corrected chi connectivity index (χ4v) is 3.67. The Kier molecular flexibility index (Phi) is 6.85. The van der Waals surface area contributed by atoms with Gasteiger partial charge in [0.2, 0.25) is 5.91 Å². The Balaban J connectivity index is 2.08. The summed E-state index contributed by atoms with van der Waals surface area (Å²) < 4.78 is 3.84. The van der Waals surface area contributed by atoms with Gasteiger partial charge in [-0.2, -0.15) is 0 Å². The van der Waals surface area contributed by atoms with Crippen molar-refractivity contribution in [2.24, 2.45) is 0 Å². The summed E-state index contributed by atoms with van der Waals surface area (Å²) in [4.78, 5) is 28.5. The van der Waals surface area contributed by atoms with Crippen LogP contribution in [0.3, 0.4) is 0 Å². The van der Waals surface area contributed by atoms with Crippen molar-refractivity contribution < 1.29 is 9.59 Å². The summed E-state index contributed by atoms with van der Waals surface area (Å²) in [7, 11) is 0. The number of hydrogen-bond donors (Lipinski definition) is 1. The van der Waals surface area contributed by atoms with Gasteiger partial charge < -0.3 is 10.2 Å². The lowest BCUT2D eigenvalue weighted by atomic mass is 9.99. The van der Waals surface area contributed by atoms with E-state index in [1.807, 2.05) is 83.1 Å². The van der Waals surface area contributed by atoms with Gasteiger partial charge in [0.15, 0.2) is 5.69 Å². The average molecular weight is 437 g/mol. The predicted molar refractivity (Wildman–Crippen MR) is 123 cm³/mol. The van der Waals surface area contributed by atoms with Crippen LogP contribution in [0.25, 0.3) is 0 Å². The van der Waals surface area contributed by atoms with Gasteiger partial charge in [0.25, 0.3) is 5.91 Å². The van der Waals surface area contributed by atoms with Gasteiger partial charge in [-0.05, 0) is 57.3 Å². The quantitative estimate of drug-likeness (QED) is 0.619. The molecule has 1 atom stereocenters. The molecule has 162 valence electrons. The van der Waals surface area contributed by atoms with Crippen LogP contribution in [0.1, 0.15) is 59.6 Å². The molecule has 3 rings (SSSR count). The number of carbonyl (C=O) groups excluding carboxylic acids is 2. The lowest BCUT2D eigenvalue weighted by molar-refractivity contribution is -0.127. The highest BCUT2D eigenvalue weighted by molar-refractivity contribution is 7.03. The fourth-order valence-electron chi connectivity index (χ4n) is 3.24. The van der Waals surface area contributed by atoms with Crippen LogP contribution >= 0.6 is 11.5 Å². The number of nitrogens with zero attached hydrogens (tertiary/aromatic N) is 3. The Hall–Kier alpha value is -3.06. The van der Waals surface area contributed by atoms with Gasteiger partial charge >= 0.3 is 0 Å². The molecule has 1 unspecified atom stereocenters. The smallest absolute Gasteiger partial charge is 0.276 e. The van der Waals surface area contributed by atoms with Crippen molar-refractivity contribution in [2.75, 3.05) is 0 Å². The molecule has 0 saturated heterocycles. The number of nitrogens with one attached hydrogen (secondary N) is 1. The second-order valence-corrected chi connectivity index (χ2v) is 9.37. The molecule has 0 saturated carbocycles. The third-order valence-electron chi connectivity index (χ3n) is 4.76. The topological polar surface area (TPSA) is 75.2 Å². The van der Waals surface area contributed by atoms with E-state index in [0.717, 1.165) is 33.8 Å². The van der Waals surface area contributed by atoms with Gasteiger partial charge in [0.1, 0.15) is 6.04 Å². The molecule has 0 aliphatic heterocycles. The van der Waals surface area contributed by atoms with E-state index in [0.29, 0.717) is 0 Å². The second-order valence-electron chi connectivity index (χ2n) is 8.76. The van der Waals surface area contributed by atoms with Crippen molar-refractivity contribution in [1.82, 2.24) is 19.8 Å². The summed E-state index contributed by atoms with van der Waals surface area (Å²) in [5.74, 6) is -0.566. The van der Waals surface area contributed by atoms with Crippen molar-refractivity contribution >= 4 is 23.3 Å². The van der Waals surface area contributed by atoms with Gasteiger partial charge in [-0.25, -0.2) is 0 Å². The molecule has 6 nitrogen and oxygen atoms in total. The van der Waals surface area contributed by atoms with E-state index < -0.39 is 11.6 Å². The first-order valence-electron chi connectivity index (χ1n) is 10.2. The molecule has 0 fully saturated rings. The predicted octanol–water partition coefficient (Wildman–Crippen LogP) is 4.45. The summed E-state index contributed by atoms with van der Waals surface area (Å²) in [6, 6.07) is 14.8. The minimum Gasteiger partial charge on any atom is -0.349 e. The standard InChI is InChI=1S/C24H28N4O2S/c1-16-6-10-18(11-7-16)14-28(23(30)20-15-31-27-26-20)21(22(29)25-24(3,4)5)19-12-8-17(2)9-13-19/h6-13,15,21H,14H2,1-5H3,(H,25,29). The SMILES string of the molecule is Cc1ccc(CN(C(=O)c2csnn2)C(C(=O)NC(C)(C)C)c2ccc(C)cc2)cc1. The average Bonchev–Trinajstić information content (AvgIpc) is 3.23. The van der Waals surface area contributed by atoms with Crippen LogP contribution in [0.15, 0.2) is 53.9 Å². The minimum absolute atomic E-state index is 0.234. The highest BCUT2D eigenvalue weighted by Crippen LogP contribution is 2.27. The number of carbonyl (C=O) groups is 2. The fraction of sp³-hybridized carbons (Fsp3) is 0.333. The minimum atomic E-state index is -0.810. The monoisotopic (exact) mass is 436 g/mol. The molecule has 0 radical (unpaired) electrons. The third kappa shape index (κ3) is 5.98. The molecule has 1 N–H and O–H groups in total. The molecule has 7 heteroatoms. The first-order chi connectivity index (χ1) is 14.6. The molecule has 2 amide bonds. The molecular weight excluding hydrogens is 408 g/mol. The first-order valence-corrected chi connectivity index (χ1v) is 11.0. The maximum atomic E-state index is 13.5. The Morgan fingerprint density at radius 1 is 1.00 bits per heavy atom. The van der Waals surface area contributed by atoms with Crippen molar-refractivity contribution in [1.29, 1.82) is 0 Å². The van der Waals surface area contributed by atoms with Gasteiger partial charge in [0, 0.05) is 17.5 Å². The van der Waals surface area contributed by atoms with E-state index in [1.54, 1.807) is 10.3 Å². The van der Waals surface area contributed by atoms with Crippen LogP contribution in [-0.2, 0) is 11.3 Å². The zero-order valence-corrected chi connectivity index (χ0v) is 19.4. The van der Waals surface area contributed by atoms with Gasteiger partial charge in [-0.3, -0.25) is 9.59 Å². The van der Waals surface area contributed by atoms with E-state index >= 15 is 0 Å². The van der Waals surface area contributed by atoms with Crippen molar-refractivity contribution in [3.8, 4) is 0 Å². The van der Waals surface area contributed by atoms with Crippen LogP contribution in [-0.4, -0.2) is 31.8 Å². The summed E-state index contributed by atoms with van der Waals surface area (Å²) in [6.45, 7) is 10.0. The normalized spacial score (nSPS) is 12.3. The third-order valence-corrected chi connectivity index (χ3v) is 5.27. The number of rotatable bonds is 6. The van der Waals surface area contributed by atoms with E-state index in [9.17, 15) is 9.59 Å². The molecule has 1 aromatic heterocycles. The van der Waals surface area contributed by atoms with E-state index in [2.05, 4.69) is 14.9 Å². The maximum absolute atomic E-state index is 13.5. The van der Waals surface area contributed by atoms with E-state index in [4.69, 9.17) is 0 Å². The lowest BCUT2D eigenvalue weighted by Crippen LogP contribution is -2.49. The Morgan fingerprint density at radius 2 is 1.58 bits per heavy atom. The molecule has 1 heterocycles. The molecule has 0 bridgehead atoms. The van der Waals surface area contributed by atoms with Crippen LogP contribution in [0.4, 0.5) is 0 Å². The Morgan fingerprint density at radius 3 is 2.10 bits per heavy atom. The molecular formula is C24H28N4O2S. The van der Waals surface area contributed by atoms with Crippen LogP contribution in [0, 0.1) is 13.8 Å². The molecule has 31 heavy (non-hydrogen) atoms. The highest BCUT2D eigenvalue weighted by atomic mass is 32.1. The molecule has 0 spiro atoms. The number of benzene rings is 2. The summed E-state index contributed by atoms with van der Waals surface area (Å²) >= 11 is 1.11. The second kappa shape index (κ2) is 9.39. The largest absolute Gasteiger partial charge is 0.349 e. The van der Waals surface area contributed by atoms with Crippen molar-refractivity contribution in [3.63, 3.8) is 0 Å². The molecule has 0 aliphatic rings. The van der Waals surface area contributed by atoms with Crippen LogP contribution in [0.5, 0.6) is 0 Å². The van der Waals surface area contributed by atoms with Crippen molar-refractivity contribution in [3.05, 3.63) is 81.9 Å². The van der Waals surface area contributed by atoms with Gasteiger partial charge in [-0.15, -0.1) is 5.10 Å². The van der Waals surface area contributed by atoms with Crippen LogP contribution in [0.2, 0.25) is 0 Å². The van der Waals surface area contributed by atoms with Gasteiger partial charge in [0.05, 0.1) is 0 Å². The molecule has 3 aromatic rings. The molecule has 0 aliphatic carbocycles. The number of aromatic nitrogens is 2. The zero-order chi connectivity index (χ0) is 22.6. The number of amides is 2. The zero-order valence-electron chi connectivity index (χ0n) is 18.5. The maximum Gasteiger partial charge on any atom is 0.276 e. The lowest BCUT2D eigenvalue weighted by Gasteiger charge is -2.33. The Bertz CT molecular complexity index is 1020. The molecule has 2 aromatic carbocycles. The summed E-state index contributed by atoms with van der Waals surface area (Å²) in [5, 5.41) is 8.61. The summed E-state index contributed by atoms with van der Waals surface area (Å²) in [5.41, 5.74) is 3.68. The Labute approximate surface area is 187 Å². The first kappa shape index (κ1) is 22.6. The number of hydrogen-bond acceptors (Lipinski definition) is 5. The van der Waals surface area contributed by atoms with Crippen molar-refractivity contribution in [2.45, 2.75) is 52.7 Å². The summed E-state index contributed by atoms with van der Waals surface area (Å²) in [6.07, 6.45) is 0. The van der Waals surface area contributed by atoms with E-state index in [-0.39, 0.29) is 24.1 Å². The highest BCUT2D eigenvalue weighted by Gasteiger charge is 2.34.